The van der Waals surface area contributed by atoms with Gasteiger partial charge < -0.3 is 4.74 Å². The lowest BCUT2D eigenvalue weighted by molar-refractivity contribution is -0.139. The predicted octanol–water partition coefficient (Wildman–Crippen LogP) is 4.79. The van der Waals surface area contributed by atoms with E-state index in [4.69, 9.17) is 74.3 Å². The van der Waals surface area contributed by atoms with Crippen LogP contribution >= 0.6 is 69.6 Å². The smallest absolute Gasteiger partial charge is 0.303 e. The van der Waals surface area contributed by atoms with Gasteiger partial charge in [0.05, 0.1) is 10.1 Å². The molecule has 0 amide bonds. The first-order valence-corrected chi connectivity index (χ1v) is 8.26. The van der Waals surface area contributed by atoms with Crippen LogP contribution in [0.4, 0.5) is 0 Å². The molecule has 0 saturated heterocycles. The summed E-state index contributed by atoms with van der Waals surface area (Å²) >= 11 is 38.1. The van der Waals surface area contributed by atoms with Gasteiger partial charge >= 0.3 is 5.97 Å². The lowest BCUT2D eigenvalue weighted by atomic mass is 9.89. The number of carbonyl (C=O) groups excluding carboxylic acids is 1. The molecule has 0 aromatic carbocycles. The molecule has 2 aliphatic rings. The van der Waals surface area contributed by atoms with Gasteiger partial charge in [-0.15, -0.1) is 23.2 Å². The summed E-state index contributed by atoms with van der Waals surface area (Å²) in [7, 11) is 0. The van der Waals surface area contributed by atoms with E-state index in [2.05, 4.69) is 11.8 Å². The Balaban J connectivity index is 2.17. The van der Waals surface area contributed by atoms with E-state index >= 15 is 0 Å². The quantitative estimate of drug-likeness (QED) is 0.371. The first-order chi connectivity index (χ1) is 9.59. The fraction of sp³-hybridized carbons (Fsp3) is 0.615. The highest BCUT2D eigenvalue weighted by molar-refractivity contribution is 6.65. The van der Waals surface area contributed by atoms with Crippen LogP contribution in [0.15, 0.2) is 10.1 Å². The van der Waals surface area contributed by atoms with Crippen LogP contribution in [0.25, 0.3) is 0 Å². The SMILES string of the molecule is CC(=O)OCC#CCC1CC2(Cl)C(Cl)=C(Cl)C1(Cl)C2(Cl)Cl. The number of hydrogen-bond acceptors (Lipinski definition) is 2. The molecule has 2 aliphatic carbocycles. The van der Waals surface area contributed by atoms with Crippen molar-refractivity contribution in [2.45, 2.75) is 33.8 Å². The van der Waals surface area contributed by atoms with Crippen molar-refractivity contribution < 1.29 is 9.53 Å². The van der Waals surface area contributed by atoms with Crippen molar-refractivity contribution in [2.24, 2.45) is 5.92 Å². The molecule has 1 fully saturated rings. The molecule has 1 saturated carbocycles. The fourth-order valence-electron chi connectivity index (χ4n) is 2.63. The van der Waals surface area contributed by atoms with Gasteiger partial charge in [-0.1, -0.05) is 58.2 Å². The molecule has 0 aromatic rings. The number of alkyl halides is 4. The van der Waals surface area contributed by atoms with Gasteiger partial charge in [-0.3, -0.25) is 4.79 Å². The third kappa shape index (κ3) is 2.45. The van der Waals surface area contributed by atoms with Crippen LogP contribution in [-0.4, -0.2) is 26.7 Å². The number of esters is 1. The first kappa shape index (κ1) is 17.9. The normalized spacial score (nSPS) is 36.4. The second kappa shape index (κ2) is 5.86. The predicted molar refractivity (Wildman–Crippen MR) is 87.5 cm³/mol. The molecule has 2 nitrogen and oxygen atoms in total. The zero-order chi connectivity index (χ0) is 16.1. The zero-order valence-corrected chi connectivity index (χ0v) is 15.3. The molecule has 3 unspecified atom stereocenters. The monoisotopic (exact) mass is 408 g/mol. The van der Waals surface area contributed by atoms with Crippen LogP contribution in [0, 0.1) is 17.8 Å². The summed E-state index contributed by atoms with van der Waals surface area (Å²) in [6.07, 6.45) is 0.725. The van der Waals surface area contributed by atoms with Crippen molar-refractivity contribution >= 4 is 75.6 Å². The molecule has 116 valence electrons. The average molecular weight is 411 g/mol. The maximum Gasteiger partial charge on any atom is 0.303 e. The molecular formula is C13H10Cl6O2. The average Bonchev–Trinajstić information content (AvgIpc) is 2.60. The number of fused-ring (bicyclic) bond motifs is 2. The number of halogens is 6. The van der Waals surface area contributed by atoms with E-state index in [9.17, 15) is 4.79 Å². The Morgan fingerprint density at radius 1 is 1.24 bits per heavy atom. The summed E-state index contributed by atoms with van der Waals surface area (Å²) in [5.74, 6) is 4.93. The standard InChI is InChI=1S/C13H10Cl6O2/c1-7(20)21-5-3-2-4-8-6-11(16)9(14)10(15)12(8,17)13(11,18)19/h8H,4-6H2,1H3. The Morgan fingerprint density at radius 3 is 2.33 bits per heavy atom. The molecule has 0 radical (unpaired) electrons. The van der Waals surface area contributed by atoms with Crippen molar-refractivity contribution in [2.75, 3.05) is 6.61 Å². The summed E-state index contributed by atoms with van der Waals surface area (Å²) in [5, 5.41) is 0.360. The number of hydrogen-bond donors (Lipinski definition) is 0. The van der Waals surface area contributed by atoms with Gasteiger partial charge in [0.1, 0.15) is 9.75 Å². The van der Waals surface area contributed by atoms with Crippen LogP contribution in [0.5, 0.6) is 0 Å². The highest BCUT2D eigenvalue weighted by atomic mass is 35.5. The van der Waals surface area contributed by atoms with Gasteiger partial charge in [0.2, 0.25) is 0 Å². The van der Waals surface area contributed by atoms with E-state index in [1.807, 2.05) is 0 Å². The lowest BCUT2D eigenvalue weighted by Gasteiger charge is -2.33. The Kier molecular flexibility index (Phi) is 4.98. The van der Waals surface area contributed by atoms with Crippen LogP contribution in [0.3, 0.4) is 0 Å². The molecule has 0 spiro atoms. The molecule has 3 atom stereocenters. The number of rotatable bonds is 2. The van der Waals surface area contributed by atoms with Gasteiger partial charge in [0, 0.05) is 13.3 Å². The molecule has 21 heavy (non-hydrogen) atoms. The first-order valence-electron chi connectivity index (χ1n) is 6.00. The van der Waals surface area contributed by atoms with Crippen molar-refractivity contribution in [1.29, 1.82) is 0 Å². The second-order valence-electron chi connectivity index (χ2n) is 4.95. The van der Waals surface area contributed by atoms with Crippen LogP contribution in [0.2, 0.25) is 0 Å². The zero-order valence-electron chi connectivity index (χ0n) is 10.8. The van der Waals surface area contributed by atoms with E-state index in [1.165, 1.54) is 6.92 Å². The van der Waals surface area contributed by atoms with Crippen molar-refractivity contribution in [3.05, 3.63) is 10.1 Å². The van der Waals surface area contributed by atoms with E-state index in [0.717, 1.165) is 0 Å². The summed E-state index contributed by atoms with van der Waals surface area (Å²) < 4.78 is 3.20. The Morgan fingerprint density at radius 2 is 1.86 bits per heavy atom. The van der Waals surface area contributed by atoms with E-state index in [1.54, 1.807) is 0 Å². The number of carbonyl (C=O) groups is 1. The van der Waals surface area contributed by atoms with Crippen molar-refractivity contribution in [3.63, 3.8) is 0 Å². The Bertz CT molecular complexity index is 575. The van der Waals surface area contributed by atoms with Crippen molar-refractivity contribution in [3.8, 4) is 11.8 Å². The molecule has 0 aromatic heterocycles. The Labute approximate surface area is 153 Å². The molecule has 0 N–H and O–H groups in total. The van der Waals surface area contributed by atoms with Crippen LogP contribution in [-0.2, 0) is 9.53 Å². The number of ether oxygens (including phenoxy) is 1. The molecule has 8 heteroatoms. The van der Waals surface area contributed by atoms with Gasteiger partial charge in [0.25, 0.3) is 0 Å². The summed E-state index contributed by atoms with van der Waals surface area (Å²) in [6, 6.07) is 0. The van der Waals surface area contributed by atoms with Gasteiger partial charge in [-0.2, -0.15) is 0 Å². The minimum Gasteiger partial charge on any atom is -0.453 e. The topological polar surface area (TPSA) is 26.3 Å². The molecule has 0 heterocycles. The second-order valence-corrected chi connectivity index (χ2v) is 8.28. The molecule has 0 aliphatic heterocycles. The maximum atomic E-state index is 10.6. The highest BCUT2D eigenvalue weighted by Gasteiger charge is 2.77. The van der Waals surface area contributed by atoms with Crippen LogP contribution in [0.1, 0.15) is 19.8 Å². The molecule has 2 rings (SSSR count). The molecular weight excluding hydrogens is 401 g/mol. The highest BCUT2D eigenvalue weighted by Crippen LogP contribution is 2.74. The number of allylic oxidation sites excluding steroid dienone is 2. The van der Waals surface area contributed by atoms with E-state index < -0.39 is 20.1 Å². The van der Waals surface area contributed by atoms with Gasteiger partial charge in [-0.25, -0.2) is 0 Å². The van der Waals surface area contributed by atoms with E-state index in [-0.39, 0.29) is 22.6 Å². The summed E-state index contributed by atoms with van der Waals surface area (Å²) in [6.45, 7) is 1.32. The fourth-order valence-corrected chi connectivity index (χ4v) is 5.47. The lowest BCUT2D eigenvalue weighted by Crippen LogP contribution is -2.44. The molecule has 2 bridgehead atoms. The third-order valence-corrected chi connectivity index (χ3v) is 8.05. The summed E-state index contributed by atoms with van der Waals surface area (Å²) in [5.41, 5.74) is 0. The Hall–Kier alpha value is 0.510. The summed E-state index contributed by atoms with van der Waals surface area (Å²) in [4.78, 5) is 8.14. The maximum absolute atomic E-state index is 10.6. The minimum atomic E-state index is -1.51. The van der Waals surface area contributed by atoms with Crippen LogP contribution < -0.4 is 0 Å². The third-order valence-electron chi connectivity index (χ3n) is 3.73. The van der Waals surface area contributed by atoms with E-state index in [0.29, 0.717) is 12.8 Å². The van der Waals surface area contributed by atoms with Gasteiger partial charge in [-0.05, 0) is 12.3 Å². The largest absolute Gasteiger partial charge is 0.453 e. The minimum absolute atomic E-state index is 0.0145. The van der Waals surface area contributed by atoms with Crippen molar-refractivity contribution in [1.82, 2.24) is 0 Å². The van der Waals surface area contributed by atoms with Gasteiger partial charge in [0.15, 0.2) is 10.9 Å².